The topological polar surface area (TPSA) is 110 Å². The fourth-order valence-corrected chi connectivity index (χ4v) is 3.62. The van der Waals surface area contributed by atoms with Gasteiger partial charge in [-0.2, -0.15) is 0 Å². The van der Waals surface area contributed by atoms with Crippen LogP contribution in [0.1, 0.15) is 110 Å². The lowest BCUT2D eigenvalue weighted by molar-refractivity contribution is -0.132. The molecule has 0 aromatic carbocycles. The van der Waals surface area contributed by atoms with Crippen LogP contribution < -0.4 is 5.32 Å². The number of hydrogen-bond donors (Lipinski definition) is 5. The lowest BCUT2D eigenvalue weighted by atomic mass is 10.00. The van der Waals surface area contributed by atoms with Gasteiger partial charge < -0.3 is 25.7 Å². The van der Waals surface area contributed by atoms with Crippen molar-refractivity contribution < 1.29 is 25.2 Å². The van der Waals surface area contributed by atoms with E-state index in [0.717, 1.165) is 44.9 Å². The molecule has 0 aromatic heterocycles. The van der Waals surface area contributed by atoms with Crippen molar-refractivity contribution in [2.45, 2.75) is 135 Å². The minimum absolute atomic E-state index is 0.340. The van der Waals surface area contributed by atoms with Gasteiger partial charge in [0, 0.05) is 0 Å². The Morgan fingerprint density at radius 2 is 1.27 bits per heavy atom. The normalized spacial score (nSPS) is 15.7. The summed E-state index contributed by atoms with van der Waals surface area (Å²) >= 11 is 0. The van der Waals surface area contributed by atoms with E-state index in [1.807, 2.05) is 0 Å². The Kier molecular flexibility index (Phi) is 21.7. The fraction of sp³-hybridized carbons (Fsp3) is 0.815. The standard InChI is InChI=1S/C27H51NO5/c1-3-5-7-9-11-13-15-17-19-21-25(31)27(33)28-23(22-29)26(32)24(30)20-18-16-14-12-10-8-6-4-2/h9,11-12,14,23-26,29-32H,3-8,10,13,15-22H2,1-2H3,(H,28,33)/b11-9-,14-12+. The minimum Gasteiger partial charge on any atom is -0.394 e. The van der Waals surface area contributed by atoms with Gasteiger partial charge in [-0.1, -0.05) is 76.7 Å². The van der Waals surface area contributed by atoms with Crippen molar-refractivity contribution in [3.8, 4) is 0 Å². The van der Waals surface area contributed by atoms with Crippen LogP contribution in [0.25, 0.3) is 0 Å². The van der Waals surface area contributed by atoms with E-state index in [0.29, 0.717) is 19.3 Å². The van der Waals surface area contributed by atoms with Crippen LogP contribution in [0.4, 0.5) is 0 Å². The molecule has 0 fully saturated rings. The Morgan fingerprint density at radius 3 is 1.85 bits per heavy atom. The van der Waals surface area contributed by atoms with Crippen molar-refractivity contribution in [2.75, 3.05) is 6.61 Å². The second kappa shape index (κ2) is 22.6. The third-order valence-corrected chi connectivity index (χ3v) is 5.88. The first-order valence-electron chi connectivity index (χ1n) is 13.2. The second-order valence-electron chi connectivity index (χ2n) is 9.02. The predicted molar refractivity (Wildman–Crippen MR) is 136 cm³/mol. The molecule has 0 saturated carbocycles. The maximum Gasteiger partial charge on any atom is 0.249 e. The highest BCUT2D eigenvalue weighted by Gasteiger charge is 2.28. The maximum atomic E-state index is 12.2. The SMILES string of the molecule is CCCC/C=C\CCCCCC(O)C(=O)NC(CO)C(O)C(O)CCC/C=C/CCCCC. The lowest BCUT2D eigenvalue weighted by Gasteiger charge is -2.27. The third kappa shape index (κ3) is 17.9. The highest BCUT2D eigenvalue weighted by molar-refractivity contribution is 5.80. The van der Waals surface area contributed by atoms with E-state index in [9.17, 15) is 25.2 Å². The van der Waals surface area contributed by atoms with E-state index in [-0.39, 0.29) is 0 Å². The quantitative estimate of drug-likeness (QED) is 0.118. The summed E-state index contributed by atoms with van der Waals surface area (Å²) in [6.45, 7) is 3.85. The first-order valence-corrected chi connectivity index (χ1v) is 13.2. The monoisotopic (exact) mass is 469 g/mol. The number of hydrogen-bond acceptors (Lipinski definition) is 5. The van der Waals surface area contributed by atoms with E-state index in [1.165, 1.54) is 32.1 Å². The molecule has 4 atom stereocenters. The van der Waals surface area contributed by atoms with Gasteiger partial charge in [0.2, 0.25) is 5.91 Å². The number of carbonyl (C=O) groups is 1. The van der Waals surface area contributed by atoms with Crippen molar-refractivity contribution in [3.63, 3.8) is 0 Å². The molecule has 0 aromatic rings. The average molecular weight is 470 g/mol. The molecule has 0 bridgehead atoms. The van der Waals surface area contributed by atoms with Gasteiger partial charge in [-0.15, -0.1) is 0 Å². The van der Waals surface area contributed by atoms with Crippen molar-refractivity contribution in [3.05, 3.63) is 24.3 Å². The Balaban J connectivity index is 4.09. The summed E-state index contributed by atoms with van der Waals surface area (Å²) in [6, 6.07) is -1.00. The van der Waals surface area contributed by atoms with Gasteiger partial charge >= 0.3 is 0 Å². The lowest BCUT2D eigenvalue weighted by Crippen LogP contribution is -2.53. The van der Waals surface area contributed by atoms with Crippen molar-refractivity contribution >= 4 is 5.91 Å². The van der Waals surface area contributed by atoms with E-state index < -0.39 is 36.9 Å². The van der Waals surface area contributed by atoms with Gasteiger partial charge in [-0.3, -0.25) is 4.79 Å². The first kappa shape index (κ1) is 31.8. The van der Waals surface area contributed by atoms with Gasteiger partial charge in [0.25, 0.3) is 0 Å². The summed E-state index contributed by atoms with van der Waals surface area (Å²) in [5.41, 5.74) is 0. The molecule has 6 nitrogen and oxygen atoms in total. The van der Waals surface area contributed by atoms with Crippen LogP contribution in [-0.4, -0.2) is 57.3 Å². The molecule has 0 aliphatic carbocycles. The Hall–Kier alpha value is -1.21. The number of allylic oxidation sites excluding steroid dienone is 4. The molecule has 6 heteroatoms. The molecular weight excluding hydrogens is 418 g/mol. The molecular formula is C27H51NO5. The summed E-state index contributed by atoms with van der Waals surface area (Å²) < 4.78 is 0. The van der Waals surface area contributed by atoms with Gasteiger partial charge in [-0.25, -0.2) is 0 Å². The summed E-state index contributed by atoms with van der Waals surface area (Å²) in [4.78, 5) is 12.2. The first-order chi connectivity index (χ1) is 16.0. The largest absolute Gasteiger partial charge is 0.394 e. The van der Waals surface area contributed by atoms with Crippen LogP contribution >= 0.6 is 0 Å². The van der Waals surface area contributed by atoms with Crippen molar-refractivity contribution in [2.24, 2.45) is 0 Å². The molecule has 0 rings (SSSR count). The zero-order valence-electron chi connectivity index (χ0n) is 21.1. The number of aliphatic hydroxyl groups excluding tert-OH is 4. The zero-order chi connectivity index (χ0) is 24.7. The van der Waals surface area contributed by atoms with E-state index in [4.69, 9.17) is 0 Å². The number of rotatable bonds is 22. The number of nitrogens with one attached hydrogen (secondary N) is 1. The van der Waals surface area contributed by atoms with Crippen molar-refractivity contribution in [1.82, 2.24) is 5.32 Å². The molecule has 0 saturated heterocycles. The molecule has 0 radical (unpaired) electrons. The van der Waals surface area contributed by atoms with Crippen LogP contribution in [0, 0.1) is 0 Å². The number of aliphatic hydroxyl groups is 4. The third-order valence-electron chi connectivity index (χ3n) is 5.88. The summed E-state index contributed by atoms with van der Waals surface area (Å²) in [6.07, 6.45) is 19.3. The van der Waals surface area contributed by atoms with Crippen LogP contribution in [0.2, 0.25) is 0 Å². The highest BCUT2D eigenvalue weighted by atomic mass is 16.3. The smallest absolute Gasteiger partial charge is 0.249 e. The maximum absolute atomic E-state index is 12.2. The zero-order valence-corrected chi connectivity index (χ0v) is 21.1. The number of amides is 1. The second-order valence-corrected chi connectivity index (χ2v) is 9.02. The summed E-state index contributed by atoms with van der Waals surface area (Å²) in [5, 5.41) is 42.7. The minimum atomic E-state index is -1.28. The predicted octanol–water partition coefficient (Wildman–Crippen LogP) is 4.55. The number of unbranched alkanes of at least 4 members (excludes halogenated alkanes) is 9. The Morgan fingerprint density at radius 1 is 0.727 bits per heavy atom. The van der Waals surface area contributed by atoms with Crippen LogP contribution in [0.15, 0.2) is 24.3 Å². The average Bonchev–Trinajstić information content (AvgIpc) is 2.82. The molecule has 1 amide bonds. The highest BCUT2D eigenvalue weighted by Crippen LogP contribution is 2.11. The molecule has 194 valence electrons. The molecule has 4 unspecified atom stereocenters. The molecule has 0 aliphatic rings. The van der Waals surface area contributed by atoms with E-state index in [2.05, 4.69) is 43.5 Å². The van der Waals surface area contributed by atoms with Gasteiger partial charge in [0.05, 0.1) is 18.8 Å². The molecule has 33 heavy (non-hydrogen) atoms. The van der Waals surface area contributed by atoms with Gasteiger partial charge in [0.15, 0.2) is 0 Å². The van der Waals surface area contributed by atoms with Crippen LogP contribution in [0.5, 0.6) is 0 Å². The summed E-state index contributed by atoms with van der Waals surface area (Å²) in [7, 11) is 0. The summed E-state index contributed by atoms with van der Waals surface area (Å²) in [5.74, 6) is -0.616. The van der Waals surface area contributed by atoms with E-state index in [1.54, 1.807) is 0 Å². The van der Waals surface area contributed by atoms with Crippen LogP contribution in [-0.2, 0) is 4.79 Å². The molecule has 5 N–H and O–H groups in total. The van der Waals surface area contributed by atoms with Crippen LogP contribution in [0.3, 0.4) is 0 Å². The molecule has 0 spiro atoms. The van der Waals surface area contributed by atoms with Gasteiger partial charge in [-0.05, 0) is 57.8 Å². The van der Waals surface area contributed by atoms with Gasteiger partial charge in [0.1, 0.15) is 12.2 Å². The number of carbonyl (C=O) groups excluding carboxylic acids is 1. The van der Waals surface area contributed by atoms with Crippen molar-refractivity contribution in [1.29, 1.82) is 0 Å². The fourth-order valence-electron chi connectivity index (χ4n) is 3.62. The molecule has 0 heterocycles. The Bertz CT molecular complexity index is 509. The van der Waals surface area contributed by atoms with E-state index >= 15 is 0 Å². The Labute approximate surface area is 202 Å². The molecule has 0 aliphatic heterocycles.